The largest absolute Gasteiger partial charge is 0.496 e. The van der Waals surface area contributed by atoms with Crippen LogP contribution >= 0.6 is 0 Å². The molecular weight excluding hydrogens is 415 g/mol. The molecule has 0 heterocycles. The van der Waals surface area contributed by atoms with Gasteiger partial charge in [-0.05, 0) is 30.7 Å². The van der Waals surface area contributed by atoms with E-state index >= 15 is 0 Å². The number of hydrogen-bond acceptors (Lipinski definition) is 6. The first-order chi connectivity index (χ1) is 14.7. The third-order valence-electron chi connectivity index (χ3n) is 4.25. The van der Waals surface area contributed by atoms with Gasteiger partial charge in [0, 0.05) is 18.2 Å². The van der Waals surface area contributed by atoms with Crippen molar-refractivity contribution in [3.63, 3.8) is 0 Å². The Labute approximate surface area is 177 Å². The second-order valence-corrected chi connectivity index (χ2v) is 6.22. The van der Waals surface area contributed by atoms with E-state index in [1.54, 1.807) is 18.2 Å². The summed E-state index contributed by atoms with van der Waals surface area (Å²) >= 11 is 0. The van der Waals surface area contributed by atoms with Crippen molar-refractivity contribution in [1.82, 2.24) is 5.32 Å². The molecule has 0 atom stereocenters. The average molecular weight is 437 g/mol. The van der Waals surface area contributed by atoms with Gasteiger partial charge in [0.25, 0.3) is 5.91 Å². The molecule has 0 bridgehead atoms. The number of ether oxygens (including phenoxy) is 1. The first-order valence-corrected chi connectivity index (χ1v) is 9.06. The van der Waals surface area contributed by atoms with Crippen LogP contribution in [0, 0.1) is 0 Å². The number of rotatable bonds is 8. The molecule has 0 saturated heterocycles. The molecule has 0 aliphatic heterocycles. The number of carbonyl (C=O) groups excluding carboxylic acids is 1. The summed E-state index contributed by atoms with van der Waals surface area (Å²) in [4.78, 5) is 22.4. The number of carbonyl (C=O) groups is 1. The molecule has 0 radical (unpaired) electrons. The predicted molar refractivity (Wildman–Crippen MR) is 109 cm³/mol. The van der Waals surface area contributed by atoms with Crippen molar-refractivity contribution in [1.29, 1.82) is 0 Å². The van der Waals surface area contributed by atoms with Crippen molar-refractivity contribution in [2.24, 2.45) is 10.3 Å². The van der Waals surface area contributed by atoms with E-state index in [1.807, 2.05) is 0 Å². The van der Waals surface area contributed by atoms with E-state index in [1.165, 1.54) is 40.3 Å². The smallest absolute Gasteiger partial charge is 0.416 e. The normalized spacial score (nSPS) is 12.4. The molecule has 0 aromatic heterocycles. The van der Waals surface area contributed by atoms with Gasteiger partial charge in [0.2, 0.25) is 0 Å². The maximum absolute atomic E-state index is 12.9. The highest BCUT2D eigenvalue weighted by atomic mass is 19.4. The molecule has 31 heavy (non-hydrogen) atoms. The highest BCUT2D eigenvalue weighted by Crippen LogP contribution is 2.30. The molecule has 0 saturated carbocycles. The Morgan fingerprint density at radius 3 is 2.42 bits per heavy atom. The maximum atomic E-state index is 12.9. The highest BCUT2D eigenvalue weighted by molar-refractivity contribution is 6.45. The van der Waals surface area contributed by atoms with E-state index in [-0.39, 0.29) is 23.6 Å². The Morgan fingerprint density at radius 1 is 1.10 bits per heavy atom. The van der Waals surface area contributed by atoms with Crippen molar-refractivity contribution in [3.8, 4) is 5.75 Å². The molecule has 166 valence electrons. The molecule has 7 nitrogen and oxygen atoms in total. The highest BCUT2D eigenvalue weighted by Gasteiger charge is 2.30. The van der Waals surface area contributed by atoms with E-state index < -0.39 is 17.6 Å². The van der Waals surface area contributed by atoms with E-state index in [2.05, 4.69) is 15.6 Å². The molecular formula is C21H22F3N3O4. The molecule has 0 fully saturated rings. The lowest BCUT2D eigenvalue weighted by molar-refractivity contribution is -0.137. The molecule has 0 spiro atoms. The van der Waals surface area contributed by atoms with Gasteiger partial charge in [-0.3, -0.25) is 4.79 Å². The number of oxime groups is 2. The van der Waals surface area contributed by atoms with Crippen LogP contribution in [0.4, 0.5) is 13.2 Å². The number of likely N-dealkylation sites (N-methyl/N-ethyl adjacent to an activating group) is 1. The van der Waals surface area contributed by atoms with Crippen LogP contribution in [0.3, 0.4) is 0 Å². The minimum Gasteiger partial charge on any atom is -0.496 e. The van der Waals surface area contributed by atoms with Gasteiger partial charge in [-0.2, -0.15) is 13.2 Å². The Morgan fingerprint density at radius 2 is 1.81 bits per heavy atom. The van der Waals surface area contributed by atoms with E-state index in [4.69, 9.17) is 14.4 Å². The van der Waals surface area contributed by atoms with Crippen molar-refractivity contribution < 1.29 is 32.4 Å². The zero-order chi connectivity index (χ0) is 23.0. The van der Waals surface area contributed by atoms with Crippen molar-refractivity contribution in [2.75, 3.05) is 21.3 Å². The molecule has 1 amide bonds. The van der Waals surface area contributed by atoms with Crippen molar-refractivity contribution >= 4 is 17.3 Å². The monoisotopic (exact) mass is 437 g/mol. The summed E-state index contributed by atoms with van der Waals surface area (Å²) in [6.45, 7) is 1.40. The van der Waals surface area contributed by atoms with Gasteiger partial charge >= 0.3 is 6.18 Å². The van der Waals surface area contributed by atoms with E-state index in [0.717, 1.165) is 12.1 Å². The fraction of sp³-hybridized carbons (Fsp3) is 0.286. The summed E-state index contributed by atoms with van der Waals surface area (Å²) in [6.07, 6.45) is -4.46. The van der Waals surface area contributed by atoms with Crippen LogP contribution in [0.25, 0.3) is 0 Å². The number of hydrogen-bond donors (Lipinski definition) is 1. The Hall–Kier alpha value is -3.56. The van der Waals surface area contributed by atoms with E-state index in [9.17, 15) is 18.0 Å². The van der Waals surface area contributed by atoms with Crippen molar-refractivity contribution in [2.45, 2.75) is 19.7 Å². The Bertz CT molecular complexity index is 988. The van der Waals surface area contributed by atoms with Crippen LogP contribution in [0.15, 0.2) is 52.8 Å². The van der Waals surface area contributed by atoms with Crippen LogP contribution in [0.2, 0.25) is 0 Å². The number of nitrogens with one attached hydrogen (secondary N) is 1. The topological polar surface area (TPSA) is 81.5 Å². The Balaban J connectivity index is 2.33. The van der Waals surface area contributed by atoms with Gasteiger partial charge in [-0.1, -0.05) is 34.6 Å². The lowest BCUT2D eigenvalue weighted by atomic mass is 10.0. The van der Waals surface area contributed by atoms with Gasteiger partial charge in [0.15, 0.2) is 5.71 Å². The second-order valence-electron chi connectivity index (χ2n) is 6.22. The molecule has 2 aromatic rings. The van der Waals surface area contributed by atoms with Crippen LogP contribution in [0.1, 0.15) is 29.2 Å². The van der Waals surface area contributed by atoms with Gasteiger partial charge < -0.3 is 19.7 Å². The number of nitrogens with zero attached hydrogens (tertiary/aromatic N) is 2. The summed E-state index contributed by atoms with van der Waals surface area (Å²) in [5, 5.41) is 10.2. The van der Waals surface area contributed by atoms with Gasteiger partial charge in [0.05, 0.1) is 18.4 Å². The van der Waals surface area contributed by atoms with Gasteiger partial charge in [0.1, 0.15) is 19.5 Å². The van der Waals surface area contributed by atoms with Crippen LogP contribution < -0.4 is 10.1 Å². The molecule has 0 aliphatic rings. The third kappa shape index (κ3) is 5.97. The first kappa shape index (κ1) is 23.7. The first-order valence-electron chi connectivity index (χ1n) is 9.06. The zero-order valence-corrected chi connectivity index (χ0v) is 17.4. The Kier molecular flexibility index (Phi) is 8.00. The minimum atomic E-state index is -4.46. The summed E-state index contributed by atoms with van der Waals surface area (Å²) in [6, 6.07) is 9.74. The van der Waals surface area contributed by atoms with E-state index in [0.29, 0.717) is 16.9 Å². The number of amides is 1. The standard InChI is InChI=1S/C21H22F3N3O4/c1-13(14-7-5-8-15(11-14)21(22,23)24)26-31-12-17-16(9-6-10-18(17)29-3)19(27-30-4)20(28)25-2/h5-11H,12H2,1-4H3,(H,25,28)/b26-13+,27-19+. The molecule has 2 aromatic carbocycles. The average Bonchev–Trinajstić information content (AvgIpc) is 2.76. The van der Waals surface area contributed by atoms with Crippen LogP contribution in [-0.2, 0) is 27.3 Å². The molecule has 0 aliphatic carbocycles. The SMILES string of the molecule is CNC(=O)/C(=N/OC)c1cccc(OC)c1CO/N=C(\C)c1cccc(C(F)(F)F)c1. The number of alkyl halides is 3. The second kappa shape index (κ2) is 10.5. The summed E-state index contributed by atoms with van der Waals surface area (Å²) in [5.41, 5.74) is 0.595. The number of methoxy groups -OCH3 is 1. The van der Waals surface area contributed by atoms with Crippen LogP contribution in [-0.4, -0.2) is 38.6 Å². The quantitative estimate of drug-likeness (QED) is 0.504. The zero-order valence-electron chi connectivity index (χ0n) is 17.4. The summed E-state index contributed by atoms with van der Waals surface area (Å²) in [7, 11) is 4.21. The van der Waals surface area contributed by atoms with Crippen LogP contribution in [0.5, 0.6) is 5.75 Å². The fourth-order valence-corrected chi connectivity index (χ4v) is 2.72. The summed E-state index contributed by atoms with van der Waals surface area (Å²) in [5.74, 6) is -0.0721. The lowest BCUT2D eigenvalue weighted by Crippen LogP contribution is -2.29. The third-order valence-corrected chi connectivity index (χ3v) is 4.25. The lowest BCUT2D eigenvalue weighted by Gasteiger charge is -2.14. The predicted octanol–water partition coefficient (Wildman–Crippen LogP) is 3.75. The van der Waals surface area contributed by atoms with Gasteiger partial charge in [-0.25, -0.2) is 0 Å². The number of halogens is 3. The molecule has 2 rings (SSSR count). The van der Waals surface area contributed by atoms with Gasteiger partial charge in [-0.15, -0.1) is 0 Å². The minimum absolute atomic E-state index is 0.001000. The fourth-order valence-electron chi connectivity index (χ4n) is 2.72. The van der Waals surface area contributed by atoms with Crippen molar-refractivity contribution in [3.05, 3.63) is 64.7 Å². The summed E-state index contributed by atoms with van der Waals surface area (Å²) < 4.78 is 44.1. The molecule has 1 N–H and O–H groups in total. The molecule has 0 unspecified atom stereocenters. The number of benzene rings is 2. The molecule has 10 heteroatoms. The maximum Gasteiger partial charge on any atom is 0.416 e.